The largest absolute Gasteiger partial charge is 0.489 e. The van der Waals surface area contributed by atoms with E-state index >= 15 is 0 Å². The maximum absolute atomic E-state index is 7.75. The molecule has 0 aliphatic heterocycles. The summed E-state index contributed by atoms with van der Waals surface area (Å²) < 4.78 is 5.78. The van der Waals surface area contributed by atoms with Gasteiger partial charge in [-0.25, -0.2) is 0 Å². The molecule has 23 heavy (non-hydrogen) atoms. The van der Waals surface area contributed by atoms with Crippen molar-refractivity contribution in [1.29, 1.82) is 5.41 Å². The molecule has 5 heteroatoms. The third kappa shape index (κ3) is 5.39. The third-order valence-electron chi connectivity index (χ3n) is 3.15. The Hall–Kier alpha value is -2.95. The molecule has 0 aliphatic carbocycles. The zero-order valence-electron chi connectivity index (χ0n) is 13.4. The fourth-order valence-corrected chi connectivity index (χ4v) is 1.88. The summed E-state index contributed by atoms with van der Waals surface area (Å²) in [6, 6.07) is 17.6. The van der Waals surface area contributed by atoms with Crippen LogP contribution in [0.2, 0.25) is 0 Å². The highest BCUT2D eigenvalue weighted by atomic mass is 16.5. The van der Waals surface area contributed by atoms with E-state index in [0.717, 1.165) is 17.0 Å². The number of ether oxygens (including phenoxy) is 1. The predicted octanol–water partition coefficient (Wildman–Crippen LogP) is 3.02. The van der Waals surface area contributed by atoms with Gasteiger partial charge in [0.15, 0.2) is 0 Å². The highest BCUT2D eigenvalue weighted by Crippen LogP contribution is 2.19. The Kier molecular flexibility index (Phi) is 5.63. The molecular formula is C18H22N4O. The van der Waals surface area contributed by atoms with Gasteiger partial charge in [-0.3, -0.25) is 5.41 Å². The predicted molar refractivity (Wildman–Crippen MR) is 94.5 cm³/mol. The Morgan fingerprint density at radius 2 is 1.91 bits per heavy atom. The molecule has 0 saturated carbocycles. The molecule has 2 aromatic carbocycles. The Morgan fingerprint density at radius 1 is 1.17 bits per heavy atom. The summed E-state index contributed by atoms with van der Waals surface area (Å²) in [5.74, 6) is 1.49. The lowest BCUT2D eigenvalue weighted by Gasteiger charge is -2.13. The second kappa shape index (κ2) is 7.89. The number of nitrogens with one attached hydrogen (secondary N) is 2. The number of nitrogens with zero attached hydrogens (tertiary/aromatic N) is 1. The quantitative estimate of drug-likeness (QED) is 0.566. The molecule has 0 spiro atoms. The van der Waals surface area contributed by atoms with E-state index in [1.54, 1.807) is 25.1 Å². The van der Waals surface area contributed by atoms with E-state index in [0.29, 0.717) is 18.3 Å². The minimum atomic E-state index is 0.325. The van der Waals surface area contributed by atoms with Gasteiger partial charge in [-0.1, -0.05) is 36.4 Å². The van der Waals surface area contributed by atoms with Gasteiger partial charge < -0.3 is 20.7 Å². The average molecular weight is 310 g/mol. The third-order valence-corrected chi connectivity index (χ3v) is 3.15. The molecule has 0 saturated heterocycles. The van der Waals surface area contributed by atoms with Gasteiger partial charge in [-0.15, -0.1) is 0 Å². The average Bonchev–Trinajstić information content (AvgIpc) is 2.54. The van der Waals surface area contributed by atoms with Crippen molar-refractivity contribution >= 4 is 11.5 Å². The molecule has 4 N–H and O–H groups in total. The van der Waals surface area contributed by atoms with Crippen molar-refractivity contribution in [3.63, 3.8) is 0 Å². The van der Waals surface area contributed by atoms with Gasteiger partial charge in [0, 0.05) is 31.9 Å². The highest BCUT2D eigenvalue weighted by molar-refractivity contribution is 5.90. The van der Waals surface area contributed by atoms with E-state index in [1.807, 2.05) is 54.6 Å². The number of hydrogen-bond donors (Lipinski definition) is 3. The molecule has 2 aromatic rings. The summed E-state index contributed by atoms with van der Waals surface area (Å²) in [6.07, 6.45) is 1.57. The van der Waals surface area contributed by atoms with Crippen LogP contribution in [0.4, 0.5) is 5.69 Å². The van der Waals surface area contributed by atoms with Crippen LogP contribution in [0.1, 0.15) is 5.56 Å². The van der Waals surface area contributed by atoms with Gasteiger partial charge in [0.05, 0.1) is 0 Å². The fraction of sp³-hybridized carbons (Fsp3) is 0.167. The molecule has 0 heterocycles. The first-order valence-electron chi connectivity index (χ1n) is 7.31. The van der Waals surface area contributed by atoms with Crippen LogP contribution in [-0.4, -0.2) is 24.8 Å². The van der Waals surface area contributed by atoms with Crippen molar-refractivity contribution < 1.29 is 4.74 Å². The second-order valence-corrected chi connectivity index (χ2v) is 5.31. The number of benzene rings is 2. The second-order valence-electron chi connectivity index (χ2n) is 5.31. The first kappa shape index (κ1) is 16.4. The van der Waals surface area contributed by atoms with Crippen LogP contribution >= 0.6 is 0 Å². The van der Waals surface area contributed by atoms with Crippen LogP contribution in [0, 0.1) is 5.41 Å². The molecule has 120 valence electrons. The molecule has 0 radical (unpaired) electrons. The van der Waals surface area contributed by atoms with Crippen molar-refractivity contribution in [2.45, 2.75) is 6.61 Å². The maximum Gasteiger partial charge on any atom is 0.123 e. The summed E-state index contributed by atoms with van der Waals surface area (Å²) >= 11 is 0. The lowest BCUT2D eigenvalue weighted by molar-refractivity contribution is 0.306. The lowest BCUT2D eigenvalue weighted by Crippen LogP contribution is -2.21. The van der Waals surface area contributed by atoms with E-state index in [-0.39, 0.29) is 0 Å². The highest BCUT2D eigenvalue weighted by Gasteiger charge is 2.01. The summed E-state index contributed by atoms with van der Waals surface area (Å²) in [4.78, 5) is 1.67. The van der Waals surface area contributed by atoms with Crippen LogP contribution in [0.15, 0.2) is 66.5 Å². The topological polar surface area (TPSA) is 74.4 Å². The Morgan fingerprint density at radius 3 is 2.61 bits per heavy atom. The number of amidine groups is 1. The lowest BCUT2D eigenvalue weighted by atomic mass is 10.2. The summed E-state index contributed by atoms with van der Waals surface area (Å²) in [7, 11) is 3.59. The molecule has 0 aromatic heterocycles. The number of anilines is 1. The van der Waals surface area contributed by atoms with Gasteiger partial charge in [0.25, 0.3) is 0 Å². The first-order valence-corrected chi connectivity index (χ1v) is 7.31. The number of nitrogens with two attached hydrogens (primary N) is 1. The zero-order chi connectivity index (χ0) is 16.7. The van der Waals surface area contributed by atoms with Crippen LogP contribution in [0.3, 0.4) is 0 Å². The van der Waals surface area contributed by atoms with Crippen molar-refractivity contribution in [1.82, 2.24) is 4.90 Å². The number of likely N-dealkylation sites (N-methyl/N-ethyl adjacent to an activating group) is 1. The number of hydrogen-bond acceptors (Lipinski definition) is 4. The minimum absolute atomic E-state index is 0.325. The van der Waals surface area contributed by atoms with E-state index in [2.05, 4.69) is 5.32 Å². The zero-order valence-corrected chi connectivity index (χ0v) is 13.4. The Bertz CT molecular complexity index is 680. The van der Waals surface area contributed by atoms with E-state index in [1.165, 1.54) is 0 Å². The van der Waals surface area contributed by atoms with E-state index in [9.17, 15) is 0 Å². The van der Waals surface area contributed by atoms with Gasteiger partial charge in [-0.05, 0) is 17.7 Å². The maximum atomic E-state index is 7.75. The Labute approximate surface area is 136 Å². The van der Waals surface area contributed by atoms with Gasteiger partial charge in [0.2, 0.25) is 0 Å². The SMILES string of the molecule is CN(C)C(=N)/C=C(\N)Nc1cccc(OCc2ccccc2)c1. The number of rotatable bonds is 6. The Balaban J connectivity index is 1.98. The summed E-state index contributed by atoms with van der Waals surface area (Å²) in [5, 5.41) is 10.8. The molecule has 0 fully saturated rings. The molecule has 0 bridgehead atoms. The first-order chi connectivity index (χ1) is 11.0. The molecular weight excluding hydrogens is 288 g/mol. The van der Waals surface area contributed by atoms with Crippen molar-refractivity contribution in [3.05, 3.63) is 72.1 Å². The summed E-state index contributed by atoms with van der Waals surface area (Å²) in [5.41, 5.74) is 7.83. The van der Waals surface area contributed by atoms with Crippen LogP contribution in [0.5, 0.6) is 5.75 Å². The van der Waals surface area contributed by atoms with Crippen LogP contribution < -0.4 is 15.8 Å². The van der Waals surface area contributed by atoms with Gasteiger partial charge in [-0.2, -0.15) is 0 Å². The smallest absolute Gasteiger partial charge is 0.123 e. The standard InChI is InChI=1S/C18H22N4O/c1-22(2)18(20)12-17(19)21-15-9-6-10-16(11-15)23-13-14-7-4-3-5-8-14/h3-12,20-21H,13,19H2,1-2H3/b17-12+,20-18?. The minimum Gasteiger partial charge on any atom is -0.489 e. The fourth-order valence-electron chi connectivity index (χ4n) is 1.88. The normalized spacial score (nSPS) is 11.0. The van der Waals surface area contributed by atoms with Crippen molar-refractivity contribution in [2.75, 3.05) is 19.4 Å². The van der Waals surface area contributed by atoms with E-state index in [4.69, 9.17) is 15.9 Å². The van der Waals surface area contributed by atoms with Crippen LogP contribution in [-0.2, 0) is 6.61 Å². The summed E-state index contributed by atoms with van der Waals surface area (Å²) in [6.45, 7) is 0.515. The molecule has 0 amide bonds. The molecule has 2 rings (SSSR count). The van der Waals surface area contributed by atoms with Gasteiger partial charge >= 0.3 is 0 Å². The molecule has 0 aliphatic rings. The van der Waals surface area contributed by atoms with E-state index < -0.39 is 0 Å². The van der Waals surface area contributed by atoms with Crippen LogP contribution in [0.25, 0.3) is 0 Å². The van der Waals surface area contributed by atoms with Crippen molar-refractivity contribution in [3.8, 4) is 5.75 Å². The van der Waals surface area contributed by atoms with Gasteiger partial charge in [0.1, 0.15) is 24.0 Å². The molecule has 5 nitrogen and oxygen atoms in total. The molecule has 0 unspecified atom stereocenters. The van der Waals surface area contributed by atoms with Crippen molar-refractivity contribution in [2.24, 2.45) is 5.73 Å². The molecule has 0 atom stereocenters. The monoisotopic (exact) mass is 310 g/mol.